The third-order valence-electron chi connectivity index (χ3n) is 4.79. The van der Waals surface area contributed by atoms with Crippen molar-refractivity contribution >= 4 is 6.03 Å². The number of nitrogens with one attached hydrogen (secondary N) is 2. The van der Waals surface area contributed by atoms with Crippen LogP contribution in [0.5, 0.6) is 0 Å². The minimum atomic E-state index is -0.227. The number of benzene rings is 1. The molecule has 3 rings (SSSR count). The Kier molecular flexibility index (Phi) is 5.02. The van der Waals surface area contributed by atoms with Crippen LogP contribution in [0.25, 0.3) is 0 Å². The average Bonchev–Trinajstić information content (AvgIpc) is 2.95. The van der Waals surface area contributed by atoms with Gasteiger partial charge in [-0.1, -0.05) is 26.0 Å². The van der Waals surface area contributed by atoms with Crippen LogP contribution in [0.4, 0.5) is 9.18 Å². The fraction of sp³-hybridized carbons (Fsp3) is 0.400. The van der Waals surface area contributed by atoms with Crippen LogP contribution in [0.2, 0.25) is 0 Å². The first-order chi connectivity index (χ1) is 12.0. The van der Waals surface area contributed by atoms with Gasteiger partial charge in [-0.05, 0) is 60.6 Å². The molecule has 2 amide bonds. The molecule has 0 fully saturated rings. The highest BCUT2D eigenvalue weighted by atomic mass is 19.1. The number of fused-ring (bicyclic) bond motifs is 1. The van der Waals surface area contributed by atoms with Gasteiger partial charge in [0.05, 0.1) is 17.8 Å². The van der Waals surface area contributed by atoms with E-state index in [0.29, 0.717) is 0 Å². The molecule has 2 N–H and O–H groups in total. The zero-order chi connectivity index (χ0) is 18.0. The van der Waals surface area contributed by atoms with Gasteiger partial charge in [0, 0.05) is 6.20 Å². The molecule has 5 heteroatoms. The molecule has 0 spiro atoms. The largest absolute Gasteiger partial charge is 0.331 e. The molecule has 1 aliphatic rings. The van der Waals surface area contributed by atoms with Gasteiger partial charge < -0.3 is 10.6 Å². The molecule has 0 radical (unpaired) electrons. The molecule has 1 aliphatic carbocycles. The lowest BCUT2D eigenvalue weighted by molar-refractivity contribution is 0.228. The Hall–Kier alpha value is -2.43. The summed E-state index contributed by atoms with van der Waals surface area (Å²) in [4.78, 5) is 17.0. The predicted molar refractivity (Wildman–Crippen MR) is 95.7 cm³/mol. The Morgan fingerprint density at radius 2 is 2.12 bits per heavy atom. The maximum absolute atomic E-state index is 13.3. The maximum atomic E-state index is 13.3. The first-order valence-corrected chi connectivity index (χ1v) is 8.72. The first kappa shape index (κ1) is 17.4. The second-order valence-corrected chi connectivity index (χ2v) is 6.98. The van der Waals surface area contributed by atoms with Crippen LogP contribution in [-0.2, 0) is 6.42 Å². The van der Waals surface area contributed by atoms with E-state index in [9.17, 15) is 9.18 Å². The van der Waals surface area contributed by atoms with Gasteiger partial charge in [0.2, 0.25) is 0 Å². The monoisotopic (exact) mass is 341 g/mol. The van der Waals surface area contributed by atoms with E-state index in [1.807, 2.05) is 19.1 Å². The number of hydrogen-bond donors (Lipinski definition) is 2. The van der Waals surface area contributed by atoms with Crippen LogP contribution >= 0.6 is 0 Å². The summed E-state index contributed by atoms with van der Waals surface area (Å²) < 4.78 is 13.3. The third-order valence-corrected chi connectivity index (χ3v) is 4.79. The average molecular weight is 341 g/mol. The van der Waals surface area contributed by atoms with Crippen LogP contribution in [-0.4, -0.2) is 11.0 Å². The van der Waals surface area contributed by atoms with Gasteiger partial charge in [0.1, 0.15) is 5.82 Å². The number of pyridine rings is 1. The smallest absolute Gasteiger partial charge is 0.315 e. The highest BCUT2D eigenvalue weighted by Gasteiger charge is 2.26. The van der Waals surface area contributed by atoms with Crippen molar-refractivity contribution in [3.8, 4) is 0 Å². The van der Waals surface area contributed by atoms with E-state index in [0.717, 1.165) is 35.2 Å². The SMILES string of the molecule is Cc1cccnc1C(NC(=O)NC1CCc2cc(F)ccc21)C(C)C. The minimum Gasteiger partial charge on any atom is -0.331 e. The van der Waals surface area contributed by atoms with Crippen molar-refractivity contribution in [2.24, 2.45) is 5.92 Å². The summed E-state index contributed by atoms with van der Waals surface area (Å²) >= 11 is 0. The van der Waals surface area contributed by atoms with E-state index in [1.54, 1.807) is 18.3 Å². The number of aromatic nitrogens is 1. The van der Waals surface area contributed by atoms with Crippen molar-refractivity contribution in [3.63, 3.8) is 0 Å². The van der Waals surface area contributed by atoms with Crippen molar-refractivity contribution in [1.82, 2.24) is 15.6 Å². The molecule has 2 atom stereocenters. The quantitative estimate of drug-likeness (QED) is 0.875. The lowest BCUT2D eigenvalue weighted by Crippen LogP contribution is -2.41. The Morgan fingerprint density at radius 3 is 2.84 bits per heavy atom. The summed E-state index contributed by atoms with van der Waals surface area (Å²) in [6, 6.07) is 8.22. The molecule has 132 valence electrons. The number of nitrogens with zero attached hydrogens (tertiary/aromatic N) is 1. The van der Waals surface area contributed by atoms with Gasteiger partial charge in [0.25, 0.3) is 0 Å². The normalized spacial score (nSPS) is 17.2. The van der Waals surface area contributed by atoms with E-state index in [2.05, 4.69) is 29.5 Å². The van der Waals surface area contributed by atoms with E-state index >= 15 is 0 Å². The van der Waals surface area contributed by atoms with Gasteiger partial charge in [-0.3, -0.25) is 4.98 Å². The van der Waals surface area contributed by atoms with Gasteiger partial charge in [-0.2, -0.15) is 0 Å². The van der Waals surface area contributed by atoms with Crippen molar-refractivity contribution in [1.29, 1.82) is 0 Å². The fourth-order valence-corrected chi connectivity index (χ4v) is 3.45. The Bertz CT molecular complexity index is 775. The molecule has 4 nitrogen and oxygen atoms in total. The molecule has 25 heavy (non-hydrogen) atoms. The lowest BCUT2D eigenvalue weighted by atomic mass is 9.97. The second kappa shape index (κ2) is 7.21. The number of rotatable bonds is 4. The number of carbonyl (C=O) groups excluding carboxylic acids is 1. The number of hydrogen-bond acceptors (Lipinski definition) is 2. The van der Waals surface area contributed by atoms with Crippen LogP contribution in [0.1, 0.15) is 54.7 Å². The number of aryl methyl sites for hydroxylation is 2. The van der Waals surface area contributed by atoms with E-state index in [1.165, 1.54) is 6.07 Å². The molecule has 0 saturated carbocycles. The van der Waals surface area contributed by atoms with Crippen LogP contribution in [0, 0.1) is 18.7 Å². The van der Waals surface area contributed by atoms with E-state index in [-0.39, 0.29) is 29.8 Å². The molecule has 1 aromatic heterocycles. The van der Waals surface area contributed by atoms with Crippen molar-refractivity contribution < 1.29 is 9.18 Å². The fourth-order valence-electron chi connectivity index (χ4n) is 3.45. The lowest BCUT2D eigenvalue weighted by Gasteiger charge is -2.25. The van der Waals surface area contributed by atoms with Gasteiger partial charge in [0.15, 0.2) is 0 Å². The summed E-state index contributed by atoms with van der Waals surface area (Å²) in [6.45, 7) is 6.12. The maximum Gasteiger partial charge on any atom is 0.315 e. The summed E-state index contributed by atoms with van der Waals surface area (Å²) in [7, 11) is 0. The summed E-state index contributed by atoms with van der Waals surface area (Å²) in [5.74, 6) is -0.0151. The zero-order valence-corrected chi connectivity index (χ0v) is 14.8. The van der Waals surface area contributed by atoms with Gasteiger partial charge >= 0.3 is 6.03 Å². The molecule has 0 saturated heterocycles. The number of amides is 2. The second-order valence-electron chi connectivity index (χ2n) is 6.98. The molecular formula is C20H24FN3O. The highest BCUT2D eigenvalue weighted by molar-refractivity contribution is 5.75. The van der Waals surface area contributed by atoms with E-state index in [4.69, 9.17) is 0 Å². The van der Waals surface area contributed by atoms with E-state index < -0.39 is 0 Å². The van der Waals surface area contributed by atoms with Crippen LogP contribution < -0.4 is 10.6 Å². The topological polar surface area (TPSA) is 54.0 Å². The first-order valence-electron chi connectivity index (χ1n) is 8.72. The zero-order valence-electron chi connectivity index (χ0n) is 14.8. The summed E-state index contributed by atoms with van der Waals surface area (Å²) in [5.41, 5.74) is 3.93. The Balaban J connectivity index is 1.71. The standard InChI is InChI=1S/C20H24FN3O/c1-12(2)18(19-13(3)5-4-10-22-19)24-20(25)23-17-9-6-14-11-15(21)7-8-16(14)17/h4-5,7-8,10-12,17-18H,6,9H2,1-3H3,(H2,23,24,25). The van der Waals surface area contributed by atoms with Gasteiger partial charge in [-0.15, -0.1) is 0 Å². The summed E-state index contributed by atoms with van der Waals surface area (Å²) in [5, 5.41) is 6.08. The molecule has 1 heterocycles. The Labute approximate surface area is 147 Å². The minimum absolute atomic E-state index is 0.0757. The molecule has 2 aromatic rings. The molecule has 2 unspecified atom stereocenters. The third kappa shape index (κ3) is 3.81. The Morgan fingerprint density at radius 1 is 1.32 bits per heavy atom. The highest BCUT2D eigenvalue weighted by Crippen LogP contribution is 2.31. The van der Waals surface area contributed by atoms with Crippen molar-refractivity contribution in [3.05, 3.63) is 64.7 Å². The van der Waals surface area contributed by atoms with Crippen LogP contribution in [0.3, 0.4) is 0 Å². The van der Waals surface area contributed by atoms with Crippen molar-refractivity contribution in [2.45, 2.75) is 45.7 Å². The van der Waals surface area contributed by atoms with Crippen LogP contribution in [0.15, 0.2) is 36.5 Å². The number of urea groups is 1. The van der Waals surface area contributed by atoms with Crippen molar-refractivity contribution in [2.75, 3.05) is 0 Å². The number of carbonyl (C=O) groups is 1. The predicted octanol–water partition coefficient (Wildman–Crippen LogP) is 4.21. The molecule has 0 aliphatic heterocycles. The summed E-state index contributed by atoms with van der Waals surface area (Å²) in [6.07, 6.45) is 3.32. The molecule has 0 bridgehead atoms. The molecule has 1 aromatic carbocycles. The van der Waals surface area contributed by atoms with Gasteiger partial charge in [-0.25, -0.2) is 9.18 Å². The molecular weight excluding hydrogens is 317 g/mol. The number of halogens is 1.